The molecule has 3 aromatic rings. The van der Waals surface area contributed by atoms with Crippen molar-refractivity contribution >= 4 is 23.1 Å². The average molecular weight is 423 g/mol. The molecular formula is C24H30N4OS. The van der Waals surface area contributed by atoms with Crippen LogP contribution in [0, 0.1) is 13.8 Å². The minimum atomic E-state index is -0.154. The number of hydrogen-bond donors (Lipinski definition) is 2. The molecule has 1 atom stereocenters. The molecule has 1 aliphatic heterocycles. The number of anilines is 1. The Hall–Kier alpha value is -2.57. The molecule has 0 spiro atoms. The van der Waals surface area contributed by atoms with E-state index in [4.69, 9.17) is 0 Å². The molecule has 2 aromatic heterocycles. The lowest BCUT2D eigenvalue weighted by Gasteiger charge is -2.25. The molecule has 5 nitrogen and oxygen atoms in total. The van der Waals surface area contributed by atoms with Gasteiger partial charge < -0.3 is 20.1 Å². The first-order valence-electron chi connectivity index (χ1n) is 10.6. The molecule has 2 amide bonds. The van der Waals surface area contributed by atoms with Crippen molar-refractivity contribution in [3.05, 3.63) is 69.9 Å². The van der Waals surface area contributed by atoms with E-state index in [-0.39, 0.29) is 12.1 Å². The van der Waals surface area contributed by atoms with Crippen LogP contribution in [0.1, 0.15) is 46.5 Å². The molecular weight excluding hydrogens is 392 g/mol. The molecule has 2 N–H and O–H groups in total. The lowest BCUT2D eigenvalue weighted by Crippen LogP contribution is -2.34. The maximum Gasteiger partial charge on any atom is 0.319 e. The van der Waals surface area contributed by atoms with Crippen LogP contribution < -0.4 is 10.6 Å². The fourth-order valence-corrected chi connectivity index (χ4v) is 5.77. The SMILES string of the molecule is CC[C@@H](NC(=O)Nc1cc(C)cc(C)c1)c1c(-n2cccc2)sc2c1CCN(C)C2. The average Bonchev–Trinajstić information content (AvgIpc) is 3.32. The van der Waals surface area contributed by atoms with Gasteiger partial charge in [-0.05, 0) is 74.7 Å². The highest BCUT2D eigenvalue weighted by Crippen LogP contribution is 2.40. The normalized spacial score (nSPS) is 14.9. The Morgan fingerprint density at radius 3 is 2.53 bits per heavy atom. The molecule has 1 aliphatic rings. The molecule has 0 saturated heterocycles. The summed E-state index contributed by atoms with van der Waals surface area (Å²) in [6.07, 6.45) is 6.04. The summed E-state index contributed by atoms with van der Waals surface area (Å²) in [4.78, 5) is 16.7. The molecule has 6 heteroatoms. The van der Waals surface area contributed by atoms with E-state index in [2.05, 4.69) is 64.7 Å². The van der Waals surface area contributed by atoms with Gasteiger partial charge in [-0.2, -0.15) is 0 Å². The van der Waals surface area contributed by atoms with E-state index in [0.29, 0.717) is 0 Å². The molecule has 158 valence electrons. The van der Waals surface area contributed by atoms with E-state index in [9.17, 15) is 4.79 Å². The number of benzene rings is 1. The van der Waals surface area contributed by atoms with E-state index in [1.807, 2.05) is 37.3 Å². The number of rotatable bonds is 5. The minimum absolute atomic E-state index is 0.0308. The molecule has 0 fully saturated rings. The maximum absolute atomic E-state index is 12.9. The zero-order valence-electron chi connectivity index (χ0n) is 18.2. The second-order valence-corrected chi connectivity index (χ2v) is 9.32. The molecule has 1 aromatic carbocycles. The molecule has 0 radical (unpaired) electrons. The first-order valence-corrected chi connectivity index (χ1v) is 11.4. The van der Waals surface area contributed by atoms with Crippen molar-refractivity contribution in [1.82, 2.24) is 14.8 Å². The molecule has 0 bridgehead atoms. The van der Waals surface area contributed by atoms with Gasteiger partial charge in [-0.25, -0.2) is 4.79 Å². The topological polar surface area (TPSA) is 49.3 Å². The van der Waals surface area contributed by atoms with Gasteiger partial charge in [-0.3, -0.25) is 0 Å². The van der Waals surface area contributed by atoms with Crippen LogP contribution in [0.25, 0.3) is 5.00 Å². The highest BCUT2D eigenvalue weighted by Gasteiger charge is 2.28. The number of carbonyl (C=O) groups is 1. The van der Waals surface area contributed by atoms with Gasteiger partial charge in [0.15, 0.2) is 0 Å². The first-order chi connectivity index (χ1) is 14.4. The van der Waals surface area contributed by atoms with Gasteiger partial charge in [-0.1, -0.05) is 13.0 Å². The van der Waals surface area contributed by atoms with Crippen molar-refractivity contribution in [1.29, 1.82) is 0 Å². The summed E-state index contributed by atoms with van der Waals surface area (Å²) in [6, 6.07) is 10.0. The third-order valence-electron chi connectivity index (χ3n) is 5.65. The number of urea groups is 1. The fraction of sp³-hybridized carbons (Fsp3) is 0.375. The number of hydrogen-bond acceptors (Lipinski definition) is 3. The Morgan fingerprint density at radius 1 is 1.17 bits per heavy atom. The highest BCUT2D eigenvalue weighted by molar-refractivity contribution is 7.15. The number of thiophene rings is 1. The maximum atomic E-state index is 12.9. The summed E-state index contributed by atoms with van der Waals surface area (Å²) in [5, 5.41) is 7.50. The van der Waals surface area contributed by atoms with Crippen molar-refractivity contribution < 1.29 is 4.79 Å². The van der Waals surface area contributed by atoms with Crippen molar-refractivity contribution in [2.45, 2.75) is 46.2 Å². The van der Waals surface area contributed by atoms with Crippen molar-refractivity contribution in [2.24, 2.45) is 0 Å². The van der Waals surface area contributed by atoms with Gasteiger partial charge in [0.05, 0.1) is 6.04 Å². The zero-order valence-corrected chi connectivity index (χ0v) is 19.0. The molecule has 0 saturated carbocycles. The number of likely N-dealkylation sites (N-methyl/N-ethyl adjacent to an activating group) is 1. The second-order valence-electron chi connectivity index (χ2n) is 8.24. The molecule has 0 aliphatic carbocycles. The predicted molar refractivity (Wildman–Crippen MR) is 125 cm³/mol. The van der Waals surface area contributed by atoms with E-state index in [1.165, 1.54) is 21.0 Å². The number of fused-ring (bicyclic) bond motifs is 1. The largest absolute Gasteiger partial charge is 0.331 e. The van der Waals surface area contributed by atoms with Gasteiger partial charge in [0, 0.05) is 41.6 Å². The number of carbonyl (C=O) groups excluding carboxylic acids is 1. The summed E-state index contributed by atoms with van der Waals surface area (Å²) in [7, 11) is 2.17. The first kappa shape index (κ1) is 20.7. The van der Waals surface area contributed by atoms with Gasteiger partial charge in [0.25, 0.3) is 0 Å². The molecule has 3 heterocycles. The quantitative estimate of drug-likeness (QED) is 0.577. The predicted octanol–water partition coefficient (Wildman–Crippen LogP) is 5.42. The van der Waals surface area contributed by atoms with Crippen LogP contribution in [-0.2, 0) is 13.0 Å². The summed E-state index contributed by atoms with van der Waals surface area (Å²) in [5.74, 6) is 0. The van der Waals surface area contributed by atoms with Crippen LogP contribution in [0.5, 0.6) is 0 Å². The Bertz CT molecular complexity index is 1020. The van der Waals surface area contributed by atoms with Crippen LogP contribution in [0.4, 0.5) is 10.5 Å². The fourth-order valence-electron chi connectivity index (χ4n) is 4.31. The van der Waals surface area contributed by atoms with Gasteiger partial charge >= 0.3 is 6.03 Å². The highest BCUT2D eigenvalue weighted by atomic mass is 32.1. The molecule has 4 rings (SSSR count). The van der Waals surface area contributed by atoms with E-state index in [1.54, 1.807) is 0 Å². The Morgan fingerprint density at radius 2 is 1.87 bits per heavy atom. The zero-order chi connectivity index (χ0) is 21.3. The summed E-state index contributed by atoms with van der Waals surface area (Å²) < 4.78 is 2.19. The summed E-state index contributed by atoms with van der Waals surface area (Å²) >= 11 is 1.85. The van der Waals surface area contributed by atoms with Crippen LogP contribution >= 0.6 is 11.3 Å². The van der Waals surface area contributed by atoms with E-state index < -0.39 is 0 Å². The number of nitrogens with zero attached hydrogens (tertiary/aromatic N) is 2. The van der Waals surface area contributed by atoms with Gasteiger partial charge in [-0.15, -0.1) is 11.3 Å². The van der Waals surface area contributed by atoms with Crippen molar-refractivity contribution in [2.75, 3.05) is 18.9 Å². The Balaban J connectivity index is 1.63. The Labute approximate surface area is 182 Å². The van der Waals surface area contributed by atoms with Crippen LogP contribution in [-0.4, -0.2) is 29.1 Å². The van der Waals surface area contributed by atoms with Crippen LogP contribution in [0.15, 0.2) is 42.7 Å². The Kier molecular flexibility index (Phi) is 5.97. The van der Waals surface area contributed by atoms with E-state index in [0.717, 1.165) is 42.7 Å². The standard InChI is InChI=1S/C24H30N4OS/c1-5-20(26-24(29)25-18-13-16(2)12-17(3)14-18)22-19-8-11-27(4)15-21(19)30-23(22)28-9-6-7-10-28/h6-7,9-10,12-14,20H,5,8,11,15H2,1-4H3,(H2,25,26,29)/t20-/m1/s1. The van der Waals surface area contributed by atoms with Crippen LogP contribution in [0.2, 0.25) is 0 Å². The van der Waals surface area contributed by atoms with E-state index >= 15 is 0 Å². The molecule has 0 unspecified atom stereocenters. The van der Waals surface area contributed by atoms with Crippen molar-refractivity contribution in [3.63, 3.8) is 0 Å². The second kappa shape index (κ2) is 8.66. The minimum Gasteiger partial charge on any atom is -0.331 e. The van der Waals surface area contributed by atoms with Gasteiger partial charge in [0.2, 0.25) is 0 Å². The monoisotopic (exact) mass is 422 g/mol. The number of aromatic nitrogens is 1. The number of amides is 2. The molecule has 30 heavy (non-hydrogen) atoms. The lowest BCUT2D eigenvalue weighted by molar-refractivity contribution is 0.248. The number of aryl methyl sites for hydroxylation is 2. The third kappa shape index (κ3) is 4.30. The summed E-state index contributed by atoms with van der Waals surface area (Å²) in [5.41, 5.74) is 5.81. The van der Waals surface area contributed by atoms with Crippen LogP contribution in [0.3, 0.4) is 0 Å². The van der Waals surface area contributed by atoms with Gasteiger partial charge in [0.1, 0.15) is 5.00 Å². The summed E-state index contributed by atoms with van der Waals surface area (Å²) in [6.45, 7) is 8.25. The number of nitrogens with one attached hydrogen (secondary N) is 2. The third-order valence-corrected chi connectivity index (χ3v) is 6.90. The van der Waals surface area contributed by atoms with Crippen molar-refractivity contribution in [3.8, 4) is 5.00 Å². The lowest BCUT2D eigenvalue weighted by atomic mass is 9.96. The smallest absolute Gasteiger partial charge is 0.319 e.